The van der Waals surface area contributed by atoms with Gasteiger partial charge in [0, 0.05) is 0 Å². The third kappa shape index (κ3) is 4.80. The maximum Gasteiger partial charge on any atom is 4.00 e. The van der Waals surface area contributed by atoms with Crippen molar-refractivity contribution in [2.45, 2.75) is 19.8 Å². The van der Waals surface area contributed by atoms with Crippen molar-refractivity contribution in [2.24, 2.45) is 0 Å². The van der Waals surface area contributed by atoms with Crippen LogP contribution < -0.4 is 35.4 Å². The number of unbranched alkanes of at least 4 members (excludes halogenated alkanes) is 1. The summed E-state index contributed by atoms with van der Waals surface area (Å²) in [4.78, 5) is 0. The van der Waals surface area contributed by atoms with Gasteiger partial charge in [0.2, 0.25) is 0 Å². The first-order chi connectivity index (χ1) is 11.3. The molecule has 0 aliphatic carbocycles. The van der Waals surface area contributed by atoms with Crippen LogP contribution in [0.1, 0.15) is 19.8 Å². The van der Waals surface area contributed by atoms with Crippen LogP contribution in [0.15, 0.2) is 72.8 Å². The Labute approximate surface area is 184 Å². The molecule has 0 fully saturated rings. The van der Waals surface area contributed by atoms with Gasteiger partial charge >= 0.3 is 21.7 Å². The molecule has 0 unspecified atom stereocenters. The second-order valence-electron chi connectivity index (χ2n) is 6.19. The van der Waals surface area contributed by atoms with Crippen LogP contribution in [0.2, 0.25) is 0 Å². The molecular formula is C22H21Cl2PTi. The van der Waals surface area contributed by atoms with E-state index in [0.29, 0.717) is 0 Å². The topological polar surface area (TPSA) is 0 Å². The molecular weight excluding hydrogens is 414 g/mol. The Hall–Kier alpha value is -0.616. The van der Waals surface area contributed by atoms with E-state index in [1.165, 1.54) is 51.2 Å². The molecule has 0 nitrogen and oxygen atoms in total. The number of benzene rings is 2. The van der Waals surface area contributed by atoms with Gasteiger partial charge in [0.25, 0.3) is 0 Å². The summed E-state index contributed by atoms with van der Waals surface area (Å²) in [6, 6.07) is 27.1. The van der Waals surface area contributed by atoms with Gasteiger partial charge in [-0.15, -0.1) is 80.7 Å². The van der Waals surface area contributed by atoms with Crippen molar-refractivity contribution in [1.29, 1.82) is 0 Å². The molecule has 0 atom stereocenters. The predicted octanol–water partition coefficient (Wildman–Crippen LogP) is -0.331. The first-order valence-corrected chi connectivity index (χ1v) is 9.96. The first-order valence-electron chi connectivity index (χ1n) is 8.43. The molecule has 0 aromatic heterocycles. The van der Waals surface area contributed by atoms with Gasteiger partial charge in [0.15, 0.2) is 0 Å². The van der Waals surface area contributed by atoms with Crippen LogP contribution in [-0.2, 0) is 21.7 Å². The molecule has 0 radical (unpaired) electrons. The molecule has 26 heavy (non-hydrogen) atoms. The van der Waals surface area contributed by atoms with Gasteiger partial charge < -0.3 is 24.8 Å². The Balaban J connectivity index is 0.00000113. The van der Waals surface area contributed by atoms with E-state index in [0.717, 1.165) is 0 Å². The van der Waals surface area contributed by atoms with Gasteiger partial charge in [-0.3, -0.25) is 0 Å². The van der Waals surface area contributed by atoms with E-state index in [-0.39, 0.29) is 54.5 Å². The quantitative estimate of drug-likeness (QED) is 0.229. The molecule has 4 rings (SSSR count). The second kappa shape index (κ2) is 10.6. The molecule has 0 spiro atoms. The van der Waals surface area contributed by atoms with Crippen molar-refractivity contribution in [2.75, 3.05) is 6.16 Å². The molecule has 0 aliphatic rings. The fraction of sp³-hybridized carbons (Fsp3) is 0.182. The fourth-order valence-electron chi connectivity index (χ4n) is 3.30. The zero-order valence-electron chi connectivity index (χ0n) is 14.8. The fourth-order valence-corrected chi connectivity index (χ4v) is 5.93. The van der Waals surface area contributed by atoms with Crippen molar-refractivity contribution < 1.29 is 46.5 Å². The third-order valence-electron chi connectivity index (χ3n) is 4.56. The summed E-state index contributed by atoms with van der Waals surface area (Å²) in [5, 5.41) is 8.57. The summed E-state index contributed by atoms with van der Waals surface area (Å²) in [5.41, 5.74) is 0. The molecule has 132 valence electrons. The van der Waals surface area contributed by atoms with Crippen molar-refractivity contribution in [3.05, 3.63) is 72.8 Å². The Kier molecular flexibility index (Phi) is 9.59. The van der Waals surface area contributed by atoms with E-state index in [2.05, 4.69) is 79.7 Å². The van der Waals surface area contributed by atoms with Crippen LogP contribution in [0.3, 0.4) is 0 Å². The predicted molar refractivity (Wildman–Crippen MR) is 105 cm³/mol. The number of rotatable bonds is 5. The maximum atomic E-state index is 2.41. The van der Waals surface area contributed by atoms with Crippen LogP contribution in [0.5, 0.6) is 0 Å². The summed E-state index contributed by atoms with van der Waals surface area (Å²) < 4.78 is 0. The van der Waals surface area contributed by atoms with Crippen LogP contribution in [0.4, 0.5) is 0 Å². The van der Waals surface area contributed by atoms with E-state index in [1.54, 1.807) is 0 Å². The largest absolute Gasteiger partial charge is 4.00 e. The molecule has 0 amide bonds. The molecule has 0 heterocycles. The van der Waals surface area contributed by atoms with Crippen molar-refractivity contribution in [1.82, 2.24) is 0 Å². The van der Waals surface area contributed by atoms with Gasteiger partial charge in [-0.05, 0) is 12.6 Å². The SMILES string of the molecule is CCCCP(c1cc2ccccc2[cH-]1)c1cc2ccccc2[cH-]1.[Cl-].[Cl-].[Ti+4]. The van der Waals surface area contributed by atoms with Crippen LogP contribution in [0.25, 0.3) is 21.5 Å². The summed E-state index contributed by atoms with van der Waals surface area (Å²) in [5.74, 6) is 0. The Morgan fingerprint density at radius 3 is 1.65 bits per heavy atom. The summed E-state index contributed by atoms with van der Waals surface area (Å²) in [7, 11) is -0.250. The second-order valence-corrected chi connectivity index (χ2v) is 8.53. The summed E-state index contributed by atoms with van der Waals surface area (Å²) in [6.07, 6.45) is 3.85. The van der Waals surface area contributed by atoms with Crippen molar-refractivity contribution >= 4 is 40.1 Å². The van der Waals surface area contributed by atoms with Gasteiger partial charge in [-0.25, -0.2) is 0 Å². The molecule has 0 saturated heterocycles. The molecule has 4 aromatic carbocycles. The molecule has 0 bridgehead atoms. The van der Waals surface area contributed by atoms with E-state index >= 15 is 0 Å². The van der Waals surface area contributed by atoms with Gasteiger partial charge in [0.1, 0.15) is 0 Å². The normalized spacial score (nSPS) is 10.4. The van der Waals surface area contributed by atoms with E-state index in [9.17, 15) is 0 Å². The number of hydrogen-bond acceptors (Lipinski definition) is 0. The molecule has 0 saturated carbocycles. The Bertz CT molecular complexity index is 801. The van der Waals surface area contributed by atoms with Gasteiger partial charge in [-0.2, -0.15) is 12.1 Å². The van der Waals surface area contributed by atoms with Crippen molar-refractivity contribution in [3.8, 4) is 0 Å². The minimum atomic E-state index is -0.250. The standard InChI is InChI=1S/C22H21P.2ClH.Ti/c1-2-3-12-23(21-13-17-8-4-5-9-18(17)14-21)22-15-19-10-6-7-11-20(19)16-22;;;/h4-11,13-16H,2-3,12H2,1H3;2*1H;/q-2;;;+4/p-2. The zero-order valence-corrected chi connectivity index (χ0v) is 18.7. The average molecular weight is 435 g/mol. The Morgan fingerprint density at radius 1 is 0.769 bits per heavy atom. The molecule has 4 aromatic rings. The van der Waals surface area contributed by atoms with E-state index in [1.807, 2.05) is 0 Å². The molecule has 4 heteroatoms. The minimum Gasteiger partial charge on any atom is -1.00 e. The average Bonchev–Trinajstić information content (AvgIpc) is 3.19. The van der Waals surface area contributed by atoms with E-state index < -0.39 is 0 Å². The van der Waals surface area contributed by atoms with Crippen LogP contribution in [0, 0.1) is 0 Å². The number of fused-ring (bicyclic) bond motifs is 2. The van der Waals surface area contributed by atoms with Gasteiger partial charge in [0.05, 0.1) is 0 Å². The monoisotopic (exact) mass is 434 g/mol. The third-order valence-corrected chi connectivity index (χ3v) is 7.09. The van der Waals surface area contributed by atoms with Crippen molar-refractivity contribution in [3.63, 3.8) is 0 Å². The Morgan fingerprint density at radius 2 is 1.23 bits per heavy atom. The molecule has 0 aliphatic heterocycles. The minimum absolute atomic E-state index is 0. The van der Waals surface area contributed by atoms with Gasteiger partial charge in [-0.1, -0.05) is 33.4 Å². The van der Waals surface area contributed by atoms with E-state index in [4.69, 9.17) is 0 Å². The van der Waals surface area contributed by atoms with Crippen LogP contribution in [-0.4, -0.2) is 6.16 Å². The number of halogens is 2. The summed E-state index contributed by atoms with van der Waals surface area (Å²) >= 11 is 0. The maximum absolute atomic E-state index is 2.41. The zero-order chi connectivity index (χ0) is 15.6. The smallest absolute Gasteiger partial charge is 1.00 e. The number of hydrogen-bond donors (Lipinski definition) is 0. The first kappa shape index (κ1) is 23.4. The summed E-state index contributed by atoms with van der Waals surface area (Å²) in [6.45, 7) is 2.29. The molecule has 0 N–H and O–H groups in total. The van der Waals surface area contributed by atoms with Crippen LogP contribution >= 0.6 is 7.92 Å².